The highest BCUT2D eigenvalue weighted by Crippen LogP contribution is 2.32. The van der Waals surface area contributed by atoms with E-state index in [0.717, 1.165) is 17.7 Å². The molecule has 0 radical (unpaired) electrons. The summed E-state index contributed by atoms with van der Waals surface area (Å²) in [6.07, 6.45) is 1.29. The van der Waals surface area contributed by atoms with Crippen molar-refractivity contribution >= 4 is 5.97 Å². The molecule has 0 unspecified atom stereocenters. The number of ether oxygens (including phenoxy) is 2. The number of hydrogen-bond acceptors (Lipinski definition) is 4. The second kappa shape index (κ2) is 6.39. The van der Waals surface area contributed by atoms with Gasteiger partial charge in [0.25, 0.3) is 0 Å². The fourth-order valence-electron chi connectivity index (χ4n) is 3.00. The molecule has 24 heavy (non-hydrogen) atoms. The molecule has 1 aliphatic rings. The van der Waals surface area contributed by atoms with Crippen molar-refractivity contribution in [1.82, 2.24) is 4.57 Å². The van der Waals surface area contributed by atoms with Crippen molar-refractivity contribution in [3.63, 3.8) is 0 Å². The zero-order valence-electron chi connectivity index (χ0n) is 13.7. The van der Waals surface area contributed by atoms with Crippen molar-refractivity contribution in [2.75, 3.05) is 6.79 Å². The molecule has 2 heterocycles. The second-order valence-electron chi connectivity index (χ2n) is 5.80. The number of carboxylic acids is 1. The van der Waals surface area contributed by atoms with Crippen LogP contribution in [-0.2, 0) is 13.0 Å². The highest BCUT2D eigenvalue weighted by atomic mass is 16.7. The van der Waals surface area contributed by atoms with E-state index in [1.54, 1.807) is 0 Å². The predicted octanol–water partition coefficient (Wildman–Crippen LogP) is 2.58. The minimum absolute atomic E-state index is 0.136. The molecule has 0 fully saturated rings. The molecule has 1 aliphatic heterocycles. The van der Waals surface area contributed by atoms with Gasteiger partial charge in [-0.3, -0.25) is 4.79 Å². The summed E-state index contributed by atoms with van der Waals surface area (Å²) in [5.74, 6) is 0.208. The first-order valence-electron chi connectivity index (χ1n) is 7.86. The number of aromatic carboxylic acids is 1. The number of aromatic nitrogens is 1. The number of carbonyl (C=O) groups is 1. The maximum atomic E-state index is 12.1. The van der Waals surface area contributed by atoms with Crippen LogP contribution in [0.3, 0.4) is 0 Å². The van der Waals surface area contributed by atoms with Crippen molar-refractivity contribution in [3.8, 4) is 11.5 Å². The van der Waals surface area contributed by atoms with Gasteiger partial charge in [-0.25, -0.2) is 4.79 Å². The summed E-state index contributed by atoms with van der Waals surface area (Å²) in [5.41, 5.74) is 1.69. The van der Waals surface area contributed by atoms with Gasteiger partial charge >= 0.3 is 5.97 Å². The fraction of sp³-hybridized carbons (Fsp3) is 0.333. The Labute approximate surface area is 139 Å². The van der Waals surface area contributed by atoms with Crippen LogP contribution in [0, 0.1) is 6.92 Å². The normalized spacial score (nSPS) is 12.4. The lowest BCUT2D eigenvalue weighted by Crippen LogP contribution is -2.25. The molecule has 2 aromatic rings. The van der Waals surface area contributed by atoms with E-state index in [1.807, 2.05) is 36.6 Å². The van der Waals surface area contributed by atoms with Crippen LogP contribution in [0.5, 0.6) is 11.5 Å². The lowest BCUT2D eigenvalue weighted by molar-refractivity contribution is 0.0693. The fourth-order valence-corrected chi connectivity index (χ4v) is 3.00. The summed E-state index contributed by atoms with van der Waals surface area (Å²) in [7, 11) is 0. The Kier molecular flexibility index (Phi) is 4.29. The van der Waals surface area contributed by atoms with Crippen LogP contribution < -0.4 is 14.9 Å². The topological polar surface area (TPSA) is 77.8 Å². The molecular formula is C18H19NO5. The average molecular weight is 329 g/mol. The van der Waals surface area contributed by atoms with Crippen LogP contribution in [0.1, 0.15) is 40.7 Å². The van der Waals surface area contributed by atoms with Crippen molar-refractivity contribution in [3.05, 3.63) is 57.0 Å². The molecule has 6 heteroatoms. The van der Waals surface area contributed by atoms with Crippen LogP contribution in [0.2, 0.25) is 0 Å². The summed E-state index contributed by atoms with van der Waals surface area (Å²) in [6, 6.07) is 7.03. The van der Waals surface area contributed by atoms with Crippen LogP contribution in [0.25, 0.3) is 0 Å². The van der Waals surface area contributed by atoms with Gasteiger partial charge in [-0.15, -0.1) is 0 Å². The number of carboxylic acid groups (broad SMARTS) is 1. The quantitative estimate of drug-likeness (QED) is 0.912. The third kappa shape index (κ3) is 2.87. The molecule has 0 saturated heterocycles. The molecule has 0 atom stereocenters. The number of fused-ring (bicyclic) bond motifs is 1. The zero-order valence-corrected chi connectivity index (χ0v) is 13.7. The molecular weight excluding hydrogens is 310 g/mol. The molecule has 6 nitrogen and oxygen atoms in total. The molecule has 0 bridgehead atoms. The van der Waals surface area contributed by atoms with E-state index in [-0.39, 0.29) is 12.4 Å². The summed E-state index contributed by atoms with van der Waals surface area (Å²) in [5, 5.41) is 9.43. The van der Waals surface area contributed by atoms with Gasteiger partial charge in [-0.1, -0.05) is 19.4 Å². The van der Waals surface area contributed by atoms with Gasteiger partial charge in [0.1, 0.15) is 5.56 Å². The number of benzene rings is 1. The monoisotopic (exact) mass is 329 g/mol. The molecule has 1 aromatic heterocycles. The second-order valence-corrected chi connectivity index (χ2v) is 5.80. The minimum Gasteiger partial charge on any atom is -0.477 e. The van der Waals surface area contributed by atoms with E-state index in [9.17, 15) is 14.7 Å². The number of rotatable bonds is 5. The first kappa shape index (κ1) is 16.1. The highest BCUT2D eigenvalue weighted by molar-refractivity contribution is 5.88. The standard InChI is InChI=1S/C18H19NO5/c1-3-4-13-17(18(21)22)14(20)7-11(2)19(13)9-12-5-6-15-16(8-12)24-10-23-15/h5-8H,3-4,9-10H2,1-2H3,(H,21,22). The molecule has 0 spiro atoms. The van der Waals surface area contributed by atoms with Crippen LogP contribution in [0.15, 0.2) is 29.1 Å². The Morgan fingerprint density at radius 2 is 2.00 bits per heavy atom. The van der Waals surface area contributed by atoms with Crippen molar-refractivity contribution in [2.24, 2.45) is 0 Å². The van der Waals surface area contributed by atoms with Gasteiger partial charge in [0.15, 0.2) is 16.9 Å². The van der Waals surface area contributed by atoms with Gasteiger partial charge in [-0.2, -0.15) is 0 Å². The lowest BCUT2D eigenvalue weighted by atomic mass is 10.1. The third-order valence-electron chi connectivity index (χ3n) is 4.10. The Morgan fingerprint density at radius 3 is 2.71 bits per heavy atom. The first-order valence-corrected chi connectivity index (χ1v) is 7.86. The third-order valence-corrected chi connectivity index (χ3v) is 4.10. The Morgan fingerprint density at radius 1 is 1.25 bits per heavy atom. The summed E-state index contributed by atoms with van der Waals surface area (Å²) >= 11 is 0. The van der Waals surface area contributed by atoms with Gasteiger partial charge in [-0.05, 0) is 31.0 Å². The first-order chi connectivity index (χ1) is 11.5. The number of aryl methyl sites for hydroxylation is 1. The van der Waals surface area contributed by atoms with Gasteiger partial charge in [0.2, 0.25) is 6.79 Å². The zero-order chi connectivity index (χ0) is 17.3. The molecule has 0 aliphatic carbocycles. The predicted molar refractivity (Wildman–Crippen MR) is 88.1 cm³/mol. The van der Waals surface area contributed by atoms with Crippen molar-refractivity contribution in [1.29, 1.82) is 0 Å². The number of hydrogen-bond donors (Lipinski definition) is 1. The van der Waals surface area contributed by atoms with E-state index in [2.05, 4.69) is 0 Å². The summed E-state index contributed by atoms with van der Waals surface area (Å²) in [6.45, 7) is 4.46. The van der Waals surface area contributed by atoms with Crippen molar-refractivity contribution < 1.29 is 19.4 Å². The molecule has 1 N–H and O–H groups in total. The highest BCUT2D eigenvalue weighted by Gasteiger charge is 2.20. The molecule has 126 valence electrons. The Balaban J connectivity index is 2.08. The minimum atomic E-state index is -1.18. The van der Waals surface area contributed by atoms with Gasteiger partial charge in [0, 0.05) is 24.0 Å². The smallest absolute Gasteiger partial charge is 0.341 e. The van der Waals surface area contributed by atoms with Crippen molar-refractivity contribution in [2.45, 2.75) is 33.2 Å². The molecule has 0 amide bonds. The Hall–Kier alpha value is -2.76. The van der Waals surface area contributed by atoms with E-state index in [4.69, 9.17) is 9.47 Å². The maximum absolute atomic E-state index is 12.1. The van der Waals surface area contributed by atoms with Crippen LogP contribution >= 0.6 is 0 Å². The molecule has 0 saturated carbocycles. The SMILES string of the molecule is CCCc1c(C(=O)O)c(=O)cc(C)n1Cc1ccc2c(c1)OCO2. The molecule has 3 rings (SSSR count). The van der Waals surface area contributed by atoms with E-state index < -0.39 is 11.4 Å². The van der Waals surface area contributed by atoms with E-state index in [0.29, 0.717) is 30.2 Å². The number of pyridine rings is 1. The van der Waals surface area contributed by atoms with E-state index >= 15 is 0 Å². The molecule has 1 aromatic carbocycles. The number of nitrogens with zero attached hydrogens (tertiary/aromatic N) is 1. The Bertz CT molecular complexity index is 853. The lowest BCUT2D eigenvalue weighted by Gasteiger charge is -2.19. The van der Waals surface area contributed by atoms with Gasteiger partial charge < -0.3 is 19.1 Å². The van der Waals surface area contributed by atoms with Crippen LogP contribution in [0.4, 0.5) is 0 Å². The summed E-state index contributed by atoms with van der Waals surface area (Å²) in [4.78, 5) is 23.6. The van der Waals surface area contributed by atoms with Gasteiger partial charge in [0.05, 0.1) is 0 Å². The maximum Gasteiger partial charge on any atom is 0.341 e. The summed E-state index contributed by atoms with van der Waals surface area (Å²) < 4.78 is 12.6. The largest absolute Gasteiger partial charge is 0.477 e. The van der Waals surface area contributed by atoms with E-state index in [1.165, 1.54) is 6.07 Å². The van der Waals surface area contributed by atoms with Crippen LogP contribution in [-0.4, -0.2) is 22.4 Å². The average Bonchev–Trinajstić information content (AvgIpc) is 2.98.